The van der Waals surface area contributed by atoms with Gasteiger partial charge in [-0.1, -0.05) is 36.7 Å². The fraction of sp³-hybridized carbons (Fsp3) is 0.500. The zero-order valence-electron chi connectivity index (χ0n) is 30.4. The second-order valence-corrected chi connectivity index (χ2v) is 16.3. The molecule has 2 bridgehead atoms. The predicted molar refractivity (Wildman–Crippen MR) is 200 cm³/mol. The van der Waals surface area contributed by atoms with E-state index >= 15 is 0 Å². The Kier molecular flexibility index (Phi) is 11.9. The van der Waals surface area contributed by atoms with Crippen LogP contribution in [0.2, 0.25) is 5.02 Å². The van der Waals surface area contributed by atoms with E-state index < -0.39 is 33.8 Å². The van der Waals surface area contributed by atoms with Crippen molar-refractivity contribution in [3.63, 3.8) is 0 Å². The van der Waals surface area contributed by atoms with Crippen LogP contribution in [0.1, 0.15) is 64.4 Å². The van der Waals surface area contributed by atoms with Crippen LogP contribution in [-0.4, -0.2) is 78.2 Å². The first-order valence-corrected chi connectivity index (χ1v) is 19.8. The molecule has 2 amide bonds. The largest absolute Gasteiger partial charge is 0.491 e. The Morgan fingerprint density at radius 1 is 1.04 bits per heavy atom. The molecule has 2 aliphatic heterocycles. The van der Waals surface area contributed by atoms with Crippen LogP contribution >= 0.6 is 11.6 Å². The van der Waals surface area contributed by atoms with Crippen molar-refractivity contribution in [2.24, 2.45) is 29.2 Å². The van der Waals surface area contributed by atoms with Crippen molar-refractivity contribution in [2.75, 3.05) is 45.1 Å². The highest BCUT2D eigenvalue weighted by atomic mass is 35.5. The molecule has 3 heterocycles. The number of nitrogens with zero attached hydrogens (tertiary/aromatic N) is 4. The minimum absolute atomic E-state index is 0.0568. The lowest BCUT2D eigenvalue weighted by Gasteiger charge is -2.43. The van der Waals surface area contributed by atoms with Gasteiger partial charge in [-0.25, -0.2) is 4.21 Å². The van der Waals surface area contributed by atoms with Crippen LogP contribution in [-0.2, 0) is 39.4 Å². The average Bonchev–Trinajstić information content (AvgIpc) is 3.48. The van der Waals surface area contributed by atoms with Gasteiger partial charge in [-0.05, 0) is 91.3 Å². The van der Waals surface area contributed by atoms with Gasteiger partial charge in [0.15, 0.2) is 0 Å². The summed E-state index contributed by atoms with van der Waals surface area (Å²) in [4.78, 5) is 30.0. The third-order valence-electron chi connectivity index (χ3n) is 10.3. The third-order valence-corrected chi connectivity index (χ3v) is 12.5. The Morgan fingerprint density at radius 2 is 1.83 bits per heavy atom. The molecule has 12 nitrogen and oxygen atoms in total. The molecule has 280 valence electrons. The molecular formula is C38H48ClN5O7S. The molecule has 1 unspecified atom stereocenters. The molecule has 0 saturated heterocycles. The molecule has 0 radical (unpaired) electrons. The quantitative estimate of drug-likeness (QED) is 0.311. The zero-order valence-corrected chi connectivity index (χ0v) is 32.0. The molecule has 6 atom stereocenters. The molecule has 1 saturated carbocycles. The summed E-state index contributed by atoms with van der Waals surface area (Å²) in [5, 5.41) is 4.85. The second kappa shape index (κ2) is 16.4. The van der Waals surface area contributed by atoms with Gasteiger partial charge in [0.2, 0.25) is 5.88 Å². The minimum Gasteiger partial charge on any atom is -0.491 e. The number of ether oxygens (including phenoxy) is 4. The number of aromatic nitrogens is 2. The maximum absolute atomic E-state index is 14.8. The molecule has 14 heteroatoms. The molecule has 52 heavy (non-hydrogen) atoms. The number of methoxy groups -OCH3 is 3. The van der Waals surface area contributed by atoms with Gasteiger partial charge >= 0.3 is 0 Å². The Labute approximate surface area is 311 Å². The Balaban J connectivity index is 1.48. The number of hydrogen-bond donors (Lipinski definition) is 1. The average molecular weight is 754 g/mol. The van der Waals surface area contributed by atoms with Gasteiger partial charge in [-0.3, -0.25) is 19.0 Å². The van der Waals surface area contributed by atoms with Crippen molar-refractivity contribution >= 4 is 39.0 Å². The Hall–Kier alpha value is -3.91. The predicted octanol–water partition coefficient (Wildman–Crippen LogP) is 6.02. The number of carbonyl (C=O) groups excluding carboxylic acids is 2. The number of carbonyl (C=O) groups is 2. The van der Waals surface area contributed by atoms with E-state index in [1.54, 1.807) is 39.5 Å². The van der Waals surface area contributed by atoms with Gasteiger partial charge in [0, 0.05) is 51.1 Å². The van der Waals surface area contributed by atoms with Crippen molar-refractivity contribution in [1.82, 2.24) is 14.5 Å². The van der Waals surface area contributed by atoms with Crippen LogP contribution in [0.25, 0.3) is 0 Å². The van der Waals surface area contributed by atoms with Crippen molar-refractivity contribution in [2.45, 2.75) is 57.8 Å². The van der Waals surface area contributed by atoms with E-state index in [9.17, 15) is 13.8 Å². The summed E-state index contributed by atoms with van der Waals surface area (Å²) < 4.78 is 46.6. The highest BCUT2D eigenvalue weighted by Gasteiger charge is 2.38. The lowest BCUT2D eigenvalue weighted by Crippen LogP contribution is -2.43. The van der Waals surface area contributed by atoms with Crippen LogP contribution in [0.5, 0.6) is 11.6 Å². The van der Waals surface area contributed by atoms with Gasteiger partial charge in [0.25, 0.3) is 11.8 Å². The highest BCUT2D eigenvalue weighted by Crippen LogP contribution is 2.42. The first-order chi connectivity index (χ1) is 25.0. The van der Waals surface area contributed by atoms with Crippen LogP contribution in [0.15, 0.2) is 59.1 Å². The number of hydrogen-bond acceptors (Lipinski definition) is 9. The normalized spacial score (nSPS) is 27.4. The second-order valence-electron chi connectivity index (χ2n) is 13.9. The summed E-state index contributed by atoms with van der Waals surface area (Å²) in [7, 11) is 2.60. The van der Waals surface area contributed by atoms with Crippen LogP contribution in [0, 0.1) is 17.8 Å². The maximum Gasteiger partial charge on any atom is 0.286 e. The summed E-state index contributed by atoms with van der Waals surface area (Å²) in [6.45, 7) is 3.62. The fourth-order valence-corrected chi connectivity index (χ4v) is 9.49. The van der Waals surface area contributed by atoms with Crippen molar-refractivity contribution in [1.29, 1.82) is 0 Å². The van der Waals surface area contributed by atoms with Gasteiger partial charge in [-0.15, -0.1) is 9.46 Å². The maximum atomic E-state index is 14.8. The Bertz CT molecular complexity index is 1940. The number of amides is 2. The first-order valence-electron chi connectivity index (χ1n) is 17.7. The first kappa shape index (κ1) is 37.8. The Morgan fingerprint density at radius 3 is 2.56 bits per heavy atom. The van der Waals surface area contributed by atoms with E-state index in [0.29, 0.717) is 36.4 Å². The molecule has 1 N–H and O–H groups in total. The van der Waals surface area contributed by atoms with E-state index in [2.05, 4.69) is 25.1 Å². The summed E-state index contributed by atoms with van der Waals surface area (Å²) in [6.07, 6.45) is 9.41. The summed E-state index contributed by atoms with van der Waals surface area (Å²) in [5.74, 6) is -0.785. The summed E-state index contributed by atoms with van der Waals surface area (Å²) >= 11 is 6.47. The zero-order chi connectivity index (χ0) is 37.0. The number of halogens is 1. The minimum atomic E-state index is -3.72. The van der Waals surface area contributed by atoms with E-state index in [1.165, 1.54) is 23.6 Å². The van der Waals surface area contributed by atoms with Crippen LogP contribution in [0.4, 0.5) is 5.69 Å². The molecule has 0 spiro atoms. The van der Waals surface area contributed by atoms with Gasteiger partial charge in [0.05, 0.1) is 37.4 Å². The standard InChI is InChI=1S/C38H48ClN5O7S/c1-24-23-52(47,42-37(46)31-22-43(2)40-38(31)50-5)41-36(45)26-11-14-35-32(19-26)44(20-27-9-12-29(39)18-25(27)8-6-7-17-51-35)21-28-10-13-30(28)34(49-4)16-15-33(24)48-3/h9,11-12,14-16,18-19,22,24,28,30,33-34H,6-8,10,13,17,20-21,23H2,1-5H3,(H,41,42,45,46,47)/b16-15+/t24-,28+,30-,33+,34+,52?/m1/s1. The monoisotopic (exact) mass is 753 g/mol. The van der Waals surface area contributed by atoms with Crippen molar-refractivity contribution in [3.05, 3.63) is 82.0 Å². The van der Waals surface area contributed by atoms with E-state index in [4.69, 9.17) is 30.5 Å². The van der Waals surface area contributed by atoms with Crippen LogP contribution in [0.3, 0.4) is 0 Å². The van der Waals surface area contributed by atoms with E-state index in [1.807, 2.05) is 31.2 Å². The topological polar surface area (TPSA) is 134 Å². The molecular weight excluding hydrogens is 706 g/mol. The SMILES string of the molecule is COc1nn(C)cc1C(=O)NS1(=O)=NC(=O)c2ccc3c(c2)N(Cc2ccc(Cl)cc2CCCCO3)C[C@@H]2CC[C@H]2[C@@H](OC)/C=C/[C@H](OC)[C@H](C)C1. The number of rotatable bonds is 5. The molecule has 1 aliphatic carbocycles. The summed E-state index contributed by atoms with van der Waals surface area (Å²) in [6, 6.07) is 11.3. The lowest BCUT2D eigenvalue weighted by atomic mass is 9.70. The molecule has 3 aromatic rings. The van der Waals surface area contributed by atoms with Crippen molar-refractivity contribution in [3.8, 4) is 11.6 Å². The number of anilines is 1. The number of nitrogens with one attached hydrogen (secondary N) is 1. The smallest absolute Gasteiger partial charge is 0.286 e. The summed E-state index contributed by atoms with van der Waals surface area (Å²) in [5.41, 5.74) is 3.38. The number of aryl methyl sites for hydroxylation is 2. The molecule has 3 aliphatic rings. The van der Waals surface area contributed by atoms with Gasteiger partial charge in [-0.2, -0.15) is 0 Å². The lowest BCUT2D eigenvalue weighted by molar-refractivity contribution is 0.0122. The highest BCUT2D eigenvalue weighted by molar-refractivity contribution is 7.92. The molecule has 1 fully saturated rings. The van der Waals surface area contributed by atoms with E-state index in [0.717, 1.165) is 43.4 Å². The fourth-order valence-electron chi connectivity index (χ4n) is 7.42. The molecule has 6 rings (SSSR count). The van der Waals surface area contributed by atoms with Crippen molar-refractivity contribution < 1.29 is 32.7 Å². The van der Waals surface area contributed by atoms with Gasteiger partial charge in [0.1, 0.15) is 21.2 Å². The third kappa shape index (κ3) is 8.48. The van der Waals surface area contributed by atoms with Crippen LogP contribution < -0.4 is 19.1 Å². The number of fused-ring (bicyclic) bond motifs is 3. The molecule has 2 aromatic carbocycles. The van der Waals surface area contributed by atoms with E-state index in [-0.39, 0.29) is 34.8 Å². The van der Waals surface area contributed by atoms with Gasteiger partial charge < -0.3 is 23.8 Å². The molecule has 1 aromatic heterocycles. The number of benzene rings is 2.